The summed E-state index contributed by atoms with van der Waals surface area (Å²) in [5, 5.41) is 3.47. The zero-order chi connectivity index (χ0) is 21.0. The Balaban J connectivity index is 1.75. The lowest BCUT2D eigenvalue weighted by molar-refractivity contribution is -0.125. The molecule has 0 saturated heterocycles. The van der Waals surface area contributed by atoms with Gasteiger partial charge in [-0.1, -0.05) is 23.7 Å². The molecular weight excluding hydrogens is 390 g/mol. The number of benzene rings is 2. The minimum Gasteiger partial charge on any atom is -0.479 e. The van der Waals surface area contributed by atoms with Gasteiger partial charge in [-0.3, -0.25) is 9.59 Å². The number of nitrogens with zero attached hydrogens (tertiary/aromatic N) is 2. The van der Waals surface area contributed by atoms with Crippen molar-refractivity contribution >= 4 is 40.9 Å². The molecule has 0 bridgehead atoms. The molecule has 1 aliphatic rings. The number of likely N-dealkylation sites (N-methyl/N-ethyl adjacent to an activating group) is 1. The Morgan fingerprint density at radius 3 is 2.66 bits per heavy atom. The summed E-state index contributed by atoms with van der Waals surface area (Å²) in [6.45, 7) is 3.00. The van der Waals surface area contributed by atoms with E-state index in [0.717, 1.165) is 12.1 Å². The molecule has 1 heterocycles. The number of carbonyl (C=O) groups is 2. The van der Waals surface area contributed by atoms with Crippen molar-refractivity contribution in [3.05, 3.63) is 59.1 Å². The highest BCUT2D eigenvalue weighted by Gasteiger charge is 2.31. The van der Waals surface area contributed by atoms with Crippen LogP contribution < -0.4 is 15.0 Å². The Kier molecular flexibility index (Phi) is 6.56. The SMILES string of the molecule is CC1Oc2ccc(NC(=O)/C=C/c3ccc(Cl)cc3)cc2N(CCN(C)C)C1=O. The van der Waals surface area contributed by atoms with Crippen molar-refractivity contribution in [3.63, 3.8) is 0 Å². The van der Waals surface area contributed by atoms with Gasteiger partial charge in [0, 0.05) is 29.9 Å². The van der Waals surface area contributed by atoms with Crippen LogP contribution in [0.1, 0.15) is 12.5 Å². The van der Waals surface area contributed by atoms with E-state index >= 15 is 0 Å². The molecule has 1 atom stereocenters. The van der Waals surface area contributed by atoms with Gasteiger partial charge in [-0.15, -0.1) is 0 Å². The number of fused-ring (bicyclic) bond motifs is 1. The Labute approximate surface area is 175 Å². The third-order valence-corrected chi connectivity index (χ3v) is 4.75. The van der Waals surface area contributed by atoms with Crippen LogP contribution in [0, 0.1) is 0 Å². The number of carbonyl (C=O) groups excluding carboxylic acids is 2. The van der Waals surface area contributed by atoms with Crippen molar-refractivity contribution in [2.75, 3.05) is 37.4 Å². The van der Waals surface area contributed by atoms with Crippen LogP contribution in [-0.4, -0.2) is 50.0 Å². The van der Waals surface area contributed by atoms with E-state index in [4.69, 9.17) is 16.3 Å². The van der Waals surface area contributed by atoms with Crippen molar-refractivity contribution < 1.29 is 14.3 Å². The maximum absolute atomic E-state index is 12.6. The molecule has 1 unspecified atom stereocenters. The summed E-state index contributed by atoms with van der Waals surface area (Å²) < 4.78 is 5.71. The molecule has 0 spiro atoms. The van der Waals surface area contributed by atoms with Gasteiger partial charge in [-0.05, 0) is 63.0 Å². The fraction of sp³-hybridized carbons (Fsp3) is 0.273. The van der Waals surface area contributed by atoms with Crippen LogP contribution in [-0.2, 0) is 9.59 Å². The van der Waals surface area contributed by atoms with Gasteiger partial charge < -0.3 is 19.9 Å². The zero-order valence-electron chi connectivity index (χ0n) is 16.7. The normalized spacial score (nSPS) is 16.1. The van der Waals surface area contributed by atoms with Gasteiger partial charge >= 0.3 is 0 Å². The van der Waals surface area contributed by atoms with Crippen molar-refractivity contribution in [2.24, 2.45) is 0 Å². The molecule has 1 aliphatic heterocycles. The number of hydrogen-bond donors (Lipinski definition) is 1. The van der Waals surface area contributed by atoms with Gasteiger partial charge in [0.25, 0.3) is 5.91 Å². The lowest BCUT2D eigenvalue weighted by Gasteiger charge is -2.34. The van der Waals surface area contributed by atoms with Crippen LogP contribution in [0.5, 0.6) is 5.75 Å². The first kappa shape index (κ1) is 20.9. The molecular formula is C22H24ClN3O3. The molecule has 0 fully saturated rings. The summed E-state index contributed by atoms with van der Waals surface area (Å²) >= 11 is 5.87. The monoisotopic (exact) mass is 413 g/mol. The molecule has 6 nitrogen and oxygen atoms in total. The molecule has 2 aromatic rings. The van der Waals surface area contributed by atoms with E-state index in [1.54, 1.807) is 48.2 Å². The molecule has 29 heavy (non-hydrogen) atoms. The fourth-order valence-corrected chi connectivity index (χ4v) is 3.07. The van der Waals surface area contributed by atoms with Crippen LogP contribution in [0.15, 0.2) is 48.5 Å². The van der Waals surface area contributed by atoms with E-state index in [1.165, 1.54) is 6.08 Å². The first-order valence-electron chi connectivity index (χ1n) is 9.35. The third kappa shape index (κ3) is 5.37. The minimum absolute atomic E-state index is 0.0922. The van der Waals surface area contributed by atoms with E-state index in [2.05, 4.69) is 5.32 Å². The summed E-state index contributed by atoms with van der Waals surface area (Å²) in [6, 6.07) is 12.5. The van der Waals surface area contributed by atoms with Gasteiger partial charge in [0.15, 0.2) is 6.10 Å². The van der Waals surface area contributed by atoms with Crippen molar-refractivity contribution in [3.8, 4) is 5.75 Å². The molecule has 7 heteroatoms. The molecule has 2 aromatic carbocycles. The second kappa shape index (κ2) is 9.11. The Morgan fingerprint density at radius 1 is 1.24 bits per heavy atom. The average Bonchev–Trinajstić information content (AvgIpc) is 2.68. The minimum atomic E-state index is -0.535. The second-order valence-electron chi connectivity index (χ2n) is 7.11. The number of rotatable bonds is 6. The van der Waals surface area contributed by atoms with E-state index in [1.807, 2.05) is 31.1 Å². The molecule has 0 radical (unpaired) electrons. The van der Waals surface area contributed by atoms with Gasteiger partial charge in [-0.2, -0.15) is 0 Å². The maximum atomic E-state index is 12.6. The van der Waals surface area contributed by atoms with Crippen molar-refractivity contribution in [2.45, 2.75) is 13.0 Å². The maximum Gasteiger partial charge on any atom is 0.267 e. The van der Waals surface area contributed by atoms with Crippen LogP contribution in [0.3, 0.4) is 0 Å². The quantitative estimate of drug-likeness (QED) is 0.734. The number of halogens is 1. The van der Waals surface area contributed by atoms with E-state index < -0.39 is 6.10 Å². The molecule has 0 aliphatic carbocycles. The first-order valence-corrected chi connectivity index (χ1v) is 9.73. The van der Waals surface area contributed by atoms with Crippen LogP contribution in [0.25, 0.3) is 6.08 Å². The first-order chi connectivity index (χ1) is 13.8. The number of nitrogens with one attached hydrogen (secondary N) is 1. The van der Waals surface area contributed by atoms with Crippen LogP contribution >= 0.6 is 11.6 Å². The zero-order valence-corrected chi connectivity index (χ0v) is 17.4. The Bertz CT molecular complexity index is 925. The standard InChI is InChI=1S/C22H24ClN3O3/c1-15-22(28)26(13-12-25(2)3)19-14-18(9-10-20(19)29-15)24-21(27)11-6-16-4-7-17(23)8-5-16/h4-11,14-15H,12-13H2,1-3H3,(H,24,27)/b11-6+. The molecule has 0 aromatic heterocycles. The summed E-state index contributed by atoms with van der Waals surface area (Å²) in [4.78, 5) is 28.6. The highest BCUT2D eigenvalue weighted by Crippen LogP contribution is 2.36. The fourth-order valence-electron chi connectivity index (χ4n) is 2.95. The van der Waals surface area contributed by atoms with Crippen molar-refractivity contribution in [1.29, 1.82) is 0 Å². The highest BCUT2D eigenvalue weighted by molar-refractivity contribution is 6.30. The number of ether oxygens (including phenoxy) is 1. The predicted molar refractivity (Wildman–Crippen MR) is 117 cm³/mol. The van der Waals surface area contributed by atoms with Gasteiger partial charge in [0.2, 0.25) is 5.91 Å². The van der Waals surface area contributed by atoms with E-state index in [0.29, 0.717) is 28.7 Å². The summed E-state index contributed by atoms with van der Waals surface area (Å²) in [7, 11) is 3.91. The van der Waals surface area contributed by atoms with Crippen molar-refractivity contribution in [1.82, 2.24) is 4.90 Å². The second-order valence-corrected chi connectivity index (χ2v) is 7.55. The van der Waals surface area contributed by atoms with Crippen LogP contribution in [0.2, 0.25) is 5.02 Å². The number of amides is 2. The lowest BCUT2D eigenvalue weighted by atomic mass is 10.1. The number of anilines is 2. The number of hydrogen-bond acceptors (Lipinski definition) is 4. The van der Waals surface area contributed by atoms with Gasteiger partial charge in [-0.25, -0.2) is 0 Å². The lowest BCUT2D eigenvalue weighted by Crippen LogP contribution is -2.46. The summed E-state index contributed by atoms with van der Waals surface area (Å²) in [5.74, 6) is 0.271. The van der Waals surface area contributed by atoms with Gasteiger partial charge in [0.1, 0.15) is 5.75 Å². The molecule has 1 N–H and O–H groups in total. The molecule has 0 saturated carbocycles. The highest BCUT2D eigenvalue weighted by atomic mass is 35.5. The Morgan fingerprint density at radius 2 is 1.97 bits per heavy atom. The largest absolute Gasteiger partial charge is 0.479 e. The average molecular weight is 414 g/mol. The molecule has 2 amide bonds. The van der Waals surface area contributed by atoms with Gasteiger partial charge in [0.05, 0.1) is 5.69 Å². The topological polar surface area (TPSA) is 61.9 Å². The van der Waals surface area contributed by atoms with E-state index in [-0.39, 0.29) is 11.8 Å². The molecule has 152 valence electrons. The summed E-state index contributed by atoms with van der Waals surface area (Å²) in [5.41, 5.74) is 2.13. The smallest absolute Gasteiger partial charge is 0.267 e. The predicted octanol–water partition coefficient (Wildman–Crippen LogP) is 3.67. The Hall–Kier alpha value is -2.83. The third-order valence-electron chi connectivity index (χ3n) is 4.50. The van der Waals surface area contributed by atoms with Crippen LogP contribution in [0.4, 0.5) is 11.4 Å². The van der Waals surface area contributed by atoms with E-state index in [9.17, 15) is 9.59 Å². The summed E-state index contributed by atoms with van der Waals surface area (Å²) in [6.07, 6.45) is 2.63. The molecule has 3 rings (SSSR count).